The maximum Gasteiger partial charge on any atom is 0.417 e. The first-order chi connectivity index (χ1) is 13.4. The van der Waals surface area contributed by atoms with E-state index in [1.807, 2.05) is 0 Å². The van der Waals surface area contributed by atoms with Gasteiger partial charge in [0.05, 0.1) is 16.7 Å². The Kier molecular flexibility index (Phi) is 5.51. The van der Waals surface area contributed by atoms with Crippen LogP contribution in [0.2, 0.25) is 0 Å². The van der Waals surface area contributed by atoms with Crippen molar-refractivity contribution in [1.82, 2.24) is 0 Å². The molecule has 1 amide bonds. The van der Waals surface area contributed by atoms with Crippen molar-refractivity contribution in [2.45, 2.75) is 46.2 Å². The van der Waals surface area contributed by atoms with Crippen LogP contribution in [0, 0.1) is 11.3 Å². The number of hydrogen-bond acceptors (Lipinski definition) is 3. The number of carbonyl (C=O) groups excluding carboxylic acids is 1. The van der Waals surface area contributed by atoms with Crippen LogP contribution in [0.4, 0.5) is 18.2 Å². The number of amides is 1. The lowest BCUT2D eigenvalue weighted by atomic mass is 9.72. The number of carboxylic acid groups (broad SMARTS) is 1. The third kappa shape index (κ3) is 4.32. The molecule has 1 aliphatic rings. The molecular formula is C21H22F3NO3S. The van der Waals surface area contributed by atoms with E-state index in [9.17, 15) is 27.9 Å². The minimum Gasteiger partial charge on any atom is -0.478 e. The first-order valence-electron chi connectivity index (χ1n) is 9.25. The minimum atomic E-state index is -4.68. The zero-order valence-electron chi connectivity index (χ0n) is 16.3. The second-order valence-corrected chi connectivity index (χ2v) is 9.42. The van der Waals surface area contributed by atoms with E-state index in [1.165, 1.54) is 12.1 Å². The van der Waals surface area contributed by atoms with E-state index in [0.29, 0.717) is 24.3 Å². The zero-order valence-corrected chi connectivity index (χ0v) is 17.1. The number of anilines is 1. The number of benzene rings is 1. The average molecular weight is 425 g/mol. The highest BCUT2D eigenvalue weighted by Crippen LogP contribution is 2.44. The molecule has 1 unspecified atom stereocenters. The molecule has 29 heavy (non-hydrogen) atoms. The van der Waals surface area contributed by atoms with Crippen LogP contribution in [-0.2, 0) is 19.0 Å². The van der Waals surface area contributed by atoms with Crippen molar-refractivity contribution in [3.8, 4) is 0 Å². The normalized spacial score (nSPS) is 17.0. The van der Waals surface area contributed by atoms with E-state index >= 15 is 0 Å². The molecule has 0 radical (unpaired) electrons. The standard InChI is InChI=1S/C21H22F3NO3S/c1-20(2,3)11-8-9-13-15(10-11)29-18(16(13)19(27)28)25-17(26)12-6-4-5-7-14(12)21(22,23)24/h4-7,11H,8-10H2,1-3H3,(H,25,26)(H,27,28). The monoisotopic (exact) mass is 425 g/mol. The Balaban J connectivity index is 1.96. The van der Waals surface area contributed by atoms with Gasteiger partial charge in [-0.05, 0) is 48.3 Å². The molecule has 2 N–H and O–H groups in total. The van der Waals surface area contributed by atoms with Crippen LogP contribution in [0.1, 0.15) is 63.9 Å². The Hall–Kier alpha value is -2.35. The predicted octanol–water partition coefficient (Wildman–Crippen LogP) is 5.87. The molecule has 1 aliphatic carbocycles. The Bertz CT molecular complexity index is 957. The van der Waals surface area contributed by atoms with Gasteiger partial charge in [0.25, 0.3) is 5.91 Å². The summed E-state index contributed by atoms with van der Waals surface area (Å²) >= 11 is 1.15. The molecule has 1 atom stereocenters. The lowest BCUT2D eigenvalue weighted by Crippen LogP contribution is -2.26. The summed E-state index contributed by atoms with van der Waals surface area (Å²) in [5.74, 6) is -1.78. The molecule has 4 nitrogen and oxygen atoms in total. The summed E-state index contributed by atoms with van der Waals surface area (Å²) in [7, 11) is 0. The third-order valence-corrected chi connectivity index (χ3v) is 6.58. The number of alkyl halides is 3. The number of hydrogen-bond donors (Lipinski definition) is 2. The summed E-state index contributed by atoms with van der Waals surface area (Å²) < 4.78 is 39.7. The fourth-order valence-corrected chi connectivity index (χ4v) is 5.05. The molecule has 0 aliphatic heterocycles. The fraction of sp³-hybridized carbons (Fsp3) is 0.429. The Labute approximate surface area is 170 Å². The molecule has 2 aromatic rings. The van der Waals surface area contributed by atoms with E-state index in [-0.39, 0.29) is 16.0 Å². The number of carbonyl (C=O) groups is 2. The molecule has 0 saturated heterocycles. The highest BCUT2D eigenvalue weighted by molar-refractivity contribution is 7.17. The summed E-state index contributed by atoms with van der Waals surface area (Å²) in [5.41, 5.74) is -0.850. The van der Waals surface area contributed by atoms with Gasteiger partial charge in [-0.2, -0.15) is 13.2 Å². The average Bonchev–Trinajstić information content (AvgIpc) is 2.97. The molecule has 0 bridgehead atoms. The van der Waals surface area contributed by atoms with Crippen molar-refractivity contribution in [3.05, 3.63) is 51.4 Å². The van der Waals surface area contributed by atoms with Gasteiger partial charge < -0.3 is 10.4 Å². The van der Waals surface area contributed by atoms with E-state index in [2.05, 4.69) is 26.1 Å². The molecule has 1 heterocycles. The quantitative estimate of drug-likeness (QED) is 0.646. The maximum absolute atomic E-state index is 13.2. The topological polar surface area (TPSA) is 66.4 Å². The zero-order chi connectivity index (χ0) is 21.6. The third-order valence-electron chi connectivity index (χ3n) is 5.41. The predicted molar refractivity (Wildman–Crippen MR) is 106 cm³/mol. The van der Waals surface area contributed by atoms with Gasteiger partial charge in [-0.3, -0.25) is 4.79 Å². The summed E-state index contributed by atoms with van der Waals surface area (Å²) in [6.07, 6.45) is -2.58. The van der Waals surface area contributed by atoms with E-state index in [1.54, 1.807) is 0 Å². The summed E-state index contributed by atoms with van der Waals surface area (Å²) in [4.78, 5) is 25.3. The Morgan fingerprint density at radius 3 is 2.41 bits per heavy atom. The first kappa shape index (κ1) is 21.4. The molecule has 8 heteroatoms. The molecule has 1 aromatic carbocycles. The largest absolute Gasteiger partial charge is 0.478 e. The second-order valence-electron chi connectivity index (χ2n) is 8.32. The van der Waals surface area contributed by atoms with Crippen molar-refractivity contribution >= 4 is 28.2 Å². The van der Waals surface area contributed by atoms with E-state index in [0.717, 1.165) is 34.8 Å². The highest BCUT2D eigenvalue weighted by atomic mass is 32.1. The van der Waals surface area contributed by atoms with Crippen molar-refractivity contribution in [2.75, 3.05) is 5.32 Å². The number of nitrogens with one attached hydrogen (secondary N) is 1. The van der Waals surface area contributed by atoms with Gasteiger partial charge in [0.1, 0.15) is 5.00 Å². The van der Waals surface area contributed by atoms with Crippen LogP contribution in [0.15, 0.2) is 24.3 Å². The number of thiophene rings is 1. The van der Waals surface area contributed by atoms with Gasteiger partial charge in [-0.1, -0.05) is 32.9 Å². The van der Waals surface area contributed by atoms with Crippen LogP contribution >= 0.6 is 11.3 Å². The number of rotatable bonds is 3. The first-order valence-corrected chi connectivity index (χ1v) is 10.1. The number of aromatic carboxylic acids is 1. The molecular weight excluding hydrogens is 403 g/mol. The number of carboxylic acids is 1. The smallest absolute Gasteiger partial charge is 0.417 e. The lowest BCUT2D eigenvalue weighted by Gasteiger charge is -2.33. The molecule has 1 aromatic heterocycles. The van der Waals surface area contributed by atoms with Gasteiger partial charge in [-0.25, -0.2) is 4.79 Å². The minimum absolute atomic E-state index is 0.00445. The SMILES string of the molecule is CC(C)(C)C1CCc2c(sc(NC(=O)c3ccccc3C(F)(F)F)c2C(=O)O)C1. The summed E-state index contributed by atoms with van der Waals surface area (Å²) in [5, 5.41) is 12.2. The van der Waals surface area contributed by atoms with Gasteiger partial charge in [-0.15, -0.1) is 11.3 Å². The van der Waals surface area contributed by atoms with Gasteiger partial charge in [0.15, 0.2) is 0 Å². The number of halogens is 3. The van der Waals surface area contributed by atoms with Crippen LogP contribution in [0.5, 0.6) is 0 Å². The van der Waals surface area contributed by atoms with Crippen molar-refractivity contribution in [3.63, 3.8) is 0 Å². The van der Waals surface area contributed by atoms with Crippen LogP contribution < -0.4 is 5.32 Å². The van der Waals surface area contributed by atoms with Crippen LogP contribution in [0.25, 0.3) is 0 Å². The van der Waals surface area contributed by atoms with Crippen molar-refractivity contribution < 1.29 is 27.9 Å². The second kappa shape index (κ2) is 7.48. The summed E-state index contributed by atoms with van der Waals surface area (Å²) in [6.45, 7) is 6.39. The Morgan fingerprint density at radius 2 is 1.83 bits per heavy atom. The Morgan fingerprint density at radius 1 is 1.17 bits per heavy atom. The van der Waals surface area contributed by atoms with Gasteiger partial charge in [0, 0.05) is 4.88 Å². The highest BCUT2D eigenvalue weighted by Gasteiger charge is 2.36. The van der Waals surface area contributed by atoms with Gasteiger partial charge in [0.2, 0.25) is 0 Å². The van der Waals surface area contributed by atoms with E-state index in [4.69, 9.17) is 0 Å². The van der Waals surface area contributed by atoms with Crippen LogP contribution in [-0.4, -0.2) is 17.0 Å². The van der Waals surface area contributed by atoms with Crippen molar-refractivity contribution in [2.24, 2.45) is 11.3 Å². The molecule has 0 fully saturated rings. The maximum atomic E-state index is 13.2. The lowest BCUT2D eigenvalue weighted by molar-refractivity contribution is -0.137. The van der Waals surface area contributed by atoms with E-state index < -0.39 is 29.2 Å². The molecule has 0 saturated carbocycles. The number of fused-ring (bicyclic) bond motifs is 1. The van der Waals surface area contributed by atoms with Crippen LogP contribution in [0.3, 0.4) is 0 Å². The van der Waals surface area contributed by atoms with Crippen molar-refractivity contribution in [1.29, 1.82) is 0 Å². The summed E-state index contributed by atoms with van der Waals surface area (Å²) in [6, 6.07) is 4.47. The van der Waals surface area contributed by atoms with Gasteiger partial charge >= 0.3 is 12.1 Å². The fourth-order valence-electron chi connectivity index (χ4n) is 3.74. The molecule has 156 valence electrons. The molecule has 3 rings (SSSR count). The molecule has 0 spiro atoms.